The fourth-order valence-corrected chi connectivity index (χ4v) is 6.92. The second kappa shape index (κ2) is 13.0. The lowest BCUT2D eigenvalue weighted by molar-refractivity contribution is -0.143. The van der Waals surface area contributed by atoms with Gasteiger partial charge in [-0.2, -0.15) is 0 Å². The number of carboxylic acid groups (broad SMARTS) is 1. The number of likely N-dealkylation sites (tertiary alicyclic amines) is 1. The van der Waals surface area contributed by atoms with Crippen molar-refractivity contribution in [1.29, 1.82) is 0 Å². The lowest BCUT2D eigenvalue weighted by Crippen LogP contribution is -2.58. The highest BCUT2D eigenvalue weighted by Gasteiger charge is 2.51. The molecule has 1 heterocycles. The van der Waals surface area contributed by atoms with Gasteiger partial charge < -0.3 is 26.0 Å². The Kier molecular flexibility index (Phi) is 9.89. The molecule has 2 unspecified atom stereocenters. The highest BCUT2D eigenvalue weighted by molar-refractivity contribution is 6.38. The van der Waals surface area contributed by atoms with Crippen molar-refractivity contribution in [2.45, 2.75) is 133 Å². The summed E-state index contributed by atoms with van der Waals surface area (Å²) in [4.78, 5) is 66.5. The van der Waals surface area contributed by atoms with Gasteiger partial charge in [0.1, 0.15) is 12.1 Å². The Bertz CT molecular complexity index is 1000. The molecule has 10 nitrogen and oxygen atoms in total. The summed E-state index contributed by atoms with van der Waals surface area (Å²) in [7, 11) is 0. The van der Waals surface area contributed by atoms with Crippen molar-refractivity contribution in [3.63, 3.8) is 0 Å². The molecule has 1 spiro atoms. The molecule has 0 aromatic heterocycles. The number of alkyl halides is 2. The molecule has 0 radical (unpaired) electrons. The van der Waals surface area contributed by atoms with Crippen molar-refractivity contribution >= 4 is 29.6 Å². The SMILES string of the molecule is CC(F)(F)CCC(NC(=O)C1CC2(CCCCC2)CN1C(=O)[C@@H](NC(=O)O)C1CCCCC1)C(=O)C(=O)NC1CC1. The van der Waals surface area contributed by atoms with Crippen LogP contribution in [0.3, 0.4) is 0 Å². The van der Waals surface area contributed by atoms with E-state index < -0.39 is 66.5 Å². The largest absolute Gasteiger partial charge is 0.465 e. The van der Waals surface area contributed by atoms with Gasteiger partial charge in [-0.05, 0) is 69.6 Å². The maximum Gasteiger partial charge on any atom is 0.405 e. The van der Waals surface area contributed by atoms with Crippen LogP contribution in [0.25, 0.3) is 0 Å². The molecule has 4 aliphatic rings. The number of nitrogens with zero attached hydrogens (tertiary/aromatic N) is 1. The summed E-state index contributed by atoms with van der Waals surface area (Å²) in [5.74, 6) is -6.32. The first kappa shape index (κ1) is 31.2. The van der Waals surface area contributed by atoms with Crippen molar-refractivity contribution in [1.82, 2.24) is 20.9 Å². The summed E-state index contributed by atoms with van der Waals surface area (Å²) in [5, 5.41) is 17.1. The quantitative estimate of drug-likeness (QED) is 0.274. The van der Waals surface area contributed by atoms with E-state index in [0.717, 1.165) is 64.2 Å². The van der Waals surface area contributed by atoms with Crippen LogP contribution in [0.5, 0.6) is 0 Å². The van der Waals surface area contributed by atoms with E-state index in [4.69, 9.17) is 0 Å². The third-order valence-electron chi connectivity index (χ3n) is 9.32. The van der Waals surface area contributed by atoms with Gasteiger partial charge in [0.05, 0.1) is 6.04 Å². The van der Waals surface area contributed by atoms with E-state index in [-0.39, 0.29) is 17.4 Å². The van der Waals surface area contributed by atoms with Gasteiger partial charge in [0.15, 0.2) is 0 Å². The maximum atomic E-state index is 14.0. The third-order valence-corrected chi connectivity index (χ3v) is 9.32. The summed E-state index contributed by atoms with van der Waals surface area (Å²) >= 11 is 0. The summed E-state index contributed by atoms with van der Waals surface area (Å²) in [6.45, 7) is 1.01. The van der Waals surface area contributed by atoms with Crippen LogP contribution in [0.2, 0.25) is 0 Å². The van der Waals surface area contributed by atoms with Gasteiger partial charge in [-0.25, -0.2) is 13.6 Å². The molecule has 4 amide bonds. The number of Topliss-reactive ketones (excluding diaryl/α,β-unsaturated/α-hetero) is 1. The number of rotatable bonds is 11. The maximum absolute atomic E-state index is 14.0. The number of amides is 4. The number of halogens is 2. The van der Waals surface area contributed by atoms with Gasteiger partial charge in [0, 0.05) is 19.0 Å². The Labute approximate surface area is 239 Å². The predicted molar refractivity (Wildman–Crippen MR) is 145 cm³/mol. The van der Waals surface area contributed by atoms with Gasteiger partial charge in [0.2, 0.25) is 23.5 Å². The first-order valence-corrected chi connectivity index (χ1v) is 15.2. The molecule has 4 fully saturated rings. The summed E-state index contributed by atoms with van der Waals surface area (Å²) in [6.07, 6.45) is 8.13. The number of hydrogen-bond acceptors (Lipinski definition) is 5. The van der Waals surface area contributed by atoms with Crippen LogP contribution >= 0.6 is 0 Å². The van der Waals surface area contributed by atoms with Crippen molar-refractivity contribution in [3.05, 3.63) is 0 Å². The summed E-state index contributed by atoms with van der Waals surface area (Å²) in [5.41, 5.74) is -0.310. The van der Waals surface area contributed by atoms with Gasteiger partial charge in [-0.15, -0.1) is 0 Å². The number of ketones is 1. The zero-order valence-corrected chi connectivity index (χ0v) is 23.9. The topological polar surface area (TPSA) is 145 Å². The lowest BCUT2D eigenvalue weighted by Gasteiger charge is -2.35. The molecule has 3 saturated carbocycles. The second-order valence-corrected chi connectivity index (χ2v) is 12.9. The molecule has 1 aliphatic heterocycles. The molecule has 0 aromatic carbocycles. The number of hydrogen-bond donors (Lipinski definition) is 4. The third kappa shape index (κ3) is 8.38. The molecular formula is C29H44F2N4O6. The average Bonchev–Trinajstić information content (AvgIpc) is 3.67. The van der Waals surface area contributed by atoms with Crippen LogP contribution in [0.1, 0.15) is 103 Å². The van der Waals surface area contributed by atoms with Crippen LogP contribution in [0.15, 0.2) is 0 Å². The van der Waals surface area contributed by atoms with E-state index in [1.807, 2.05) is 0 Å². The molecule has 41 heavy (non-hydrogen) atoms. The molecule has 4 N–H and O–H groups in total. The highest BCUT2D eigenvalue weighted by atomic mass is 19.3. The zero-order chi connectivity index (χ0) is 29.8. The van der Waals surface area contributed by atoms with Crippen molar-refractivity contribution in [3.8, 4) is 0 Å². The molecule has 0 aromatic rings. The van der Waals surface area contributed by atoms with Gasteiger partial charge in [-0.3, -0.25) is 19.2 Å². The molecular weight excluding hydrogens is 538 g/mol. The minimum absolute atomic E-state index is 0.122. The van der Waals surface area contributed by atoms with E-state index in [1.54, 1.807) is 0 Å². The minimum atomic E-state index is -3.10. The van der Waals surface area contributed by atoms with Crippen LogP contribution in [-0.2, 0) is 19.2 Å². The molecule has 0 bridgehead atoms. The molecule has 3 atom stereocenters. The van der Waals surface area contributed by atoms with E-state index in [0.29, 0.717) is 32.7 Å². The molecule has 12 heteroatoms. The summed E-state index contributed by atoms with van der Waals surface area (Å²) in [6, 6.07) is -3.57. The fraction of sp³-hybridized carbons (Fsp3) is 0.828. The Morgan fingerprint density at radius 3 is 2.17 bits per heavy atom. The van der Waals surface area contributed by atoms with Gasteiger partial charge in [-0.1, -0.05) is 38.5 Å². The predicted octanol–water partition coefficient (Wildman–Crippen LogP) is 3.52. The van der Waals surface area contributed by atoms with E-state index in [9.17, 15) is 37.9 Å². The first-order valence-electron chi connectivity index (χ1n) is 15.2. The van der Waals surface area contributed by atoms with Crippen LogP contribution < -0.4 is 16.0 Å². The Balaban J connectivity index is 1.56. The van der Waals surface area contributed by atoms with Gasteiger partial charge >= 0.3 is 6.09 Å². The standard InChI is InChI=1S/C29H44F2N4O6/c1-28(30,31)15-12-20(23(36)25(38)32-19-10-11-19)33-24(37)21-16-29(13-6-3-7-14-29)17-35(21)26(39)22(34-27(40)41)18-8-4-2-5-9-18/h18-22,34H,2-17H2,1H3,(H,32,38)(H,33,37)(H,40,41)/t20?,21?,22-/m0/s1. The molecule has 3 aliphatic carbocycles. The van der Waals surface area contributed by atoms with Crippen LogP contribution in [-0.4, -0.2) is 76.2 Å². The highest BCUT2D eigenvalue weighted by Crippen LogP contribution is 2.47. The average molecular weight is 583 g/mol. The Morgan fingerprint density at radius 2 is 1.59 bits per heavy atom. The fourth-order valence-electron chi connectivity index (χ4n) is 6.92. The normalized spacial score (nSPS) is 24.4. The van der Waals surface area contributed by atoms with Crippen molar-refractivity contribution in [2.75, 3.05) is 6.54 Å². The molecule has 230 valence electrons. The van der Waals surface area contributed by atoms with Gasteiger partial charge in [0.25, 0.3) is 5.91 Å². The van der Waals surface area contributed by atoms with E-state index >= 15 is 0 Å². The zero-order valence-electron chi connectivity index (χ0n) is 23.9. The smallest absolute Gasteiger partial charge is 0.405 e. The van der Waals surface area contributed by atoms with E-state index in [2.05, 4.69) is 16.0 Å². The monoisotopic (exact) mass is 582 g/mol. The van der Waals surface area contributed by atoms with Crippen LogP contribution in [0, 0.1) is 11.3 Å². The Morgan fingerprint density at radius 1 is 0.951 bits per heavy atom. The minimum Gasteiger partial charge on any atom is -0.465 e. The molecule has 4 rings (SSSR count). The lowest BCUT2D eigenvalue weighted by atomic mass is 9.72. The number of nitrogens with one attached hydrogen (secondary N) is 3. The number of carbonyl (C=O) groups is 5. The molecule has 1 saturated heterocycles. The van der Waals surface area contributed by atoms with E-state index in [1.165, 1.54) is 4.90 Å². The number of carbonyl (C=O) groups excluding carboxylic acids is 4. The van der Waals surface area contributed by atoms with Crippen molar-refractivity contribution < 1.29 is 37.9 Å². The van der Waals surface area contributed by atoms with Crippen molar-refractivity contribution in [2.24, 2.45) is 11.3 Å². The summed E-state index contributed by atoms with van der Waals surface area (Å²) < 4.78 is 27.5. The second-order valence-electron chi connectivity index (χ2n) is 12.9. The Hall–Kier alpha value is -2.79. The first-order chi connectivity index (χ1) is 19.4. The van der Waals surface area contributed by atoms with Crippen LogP contribution in [0.4, 0.5) is 13.6 Å².